The largest absolute Gasteiger partial charge is 0.496 e. The zero-order valence-corrected chi connectivity index (χ0v) is 17.3. The molecular formula is C22H32N2O3. The van der Waals surface area contributed by atoms with E-state index in [1.54, 1.807) is 7.11 Å². The Morgan fingerprint density at radius 3 is 2.26 bits per heavy atom. The van der Waals surface area contributed by atoms with Crippen LogP contribution in [0.25, 0.3) is 0 Å². The smallest absolute Gasteiger partial charge is 0.257 e. The second-order valence-electron chi connectivity index (χ2n) is 8.89. The third-order valence-electron chi connectivity index (χ3n) is 5.50. The molecule has 1 aromatic carbocycles. The van der Waals surface area contributed by atoms with Crippen molar-refractivity contribution in [1.82, 2.24) is 9.80 Å². The third-order valence-corrected chi connectivity index (χ3v) is 5.50. The summed E-state index contributed by atoms with van der Waals surface area (Å²) in [6.07, 6.45) is 2.87. The summed E-state index contributed by atoms with van der Waals surface area (Å²) >= 11 is 0. The van der Waals surface area contributed by atoms with Gasteiger partial charge in [0.25, 0.3) is 5.91 Å². The highest BCUT2D eigenvalue weighted by molar-refractivity contribution is 5.98. The minimum Gasteiger partial charge on any atom is -0.496 e. The van der Waals surface area contributed by atoms with Crippen LogP contribution < -0.4 is 4.74 Å². The van der Waals surface area contributed by atoms with Crippen LogP contribution in [0, 0.1) is 12.8 Å². The van der Waals surface area contributed by atoms with Gasteiger partial charge >= 0.3 is 0 Å². The number of amides is 2. The van der Waals surface area contributed by atoms with Crippen molar-refractivity contribution in [1.29, 1.82) is 0 Å². The van der Waals surface area contributed by atoms with Gasteiger partial charge in [0.2, 0.25) is 5.91 Å². The highest BCUT2D eigenvalue weighted by Gasteiger charge is 2.35. The highest BCUT2D eigenvalue weighted by Crippen LogP contribution is 2.36. The molecule has 1 aliphatic carbocycles. The predicted octanol–water partition coefficient (Wildman–Crippen LogP) is 3.39. The second kappa shape index (κ2) is 7.53. The Balaban J connectivity index is 1.83. The maximum Gasteiger partial charge on any atom is 0.257 e. The molecule has 0 spiro atoms. The summed E-state index contributed by atoms with van der Waals surface area (Å²) in [5, 5.41) is 0. The maximum atomic E-state index is 13.3. The zero-order valence-electron chi connectivity index (χ0n) is 17.3. The van der Waals surface area contributed by atoms with Gasteiger partial charge in [0.1, 0.15) is 5.75 Å². The van der Waals surface area contributed by atoms with Crippen molar-refractivity contribution in [3.05, 3.63) is 28.8 Å². The number of nitrogens with zero attached hydrogens (tertiary/aromatic N) is 2. The molecule has 0 bridgehead atoms. The summed E-state index contributed by atoms with van der Waals surface area (Å²) in [7, 11) is 1.63. The first-order valence-corrected chi connectivity index (χ1v) is 9.99. The fourth-order valence-electron chi connectivity index (χ4n) is 3.81. The Kier molecular flexibility index (Phi) is 5.50. The number of methoxy groups -OCH3 is 1. The summed E-state index contributed by atoms with van der Waals surface area (Å²) in [4.78, 5) is 29.5. The van der Waals surface area contributed by atoms with Crippen LogP contribution in [0.5, 0.6) is 5.75 Å². The number of ether oxygens (including phenoxy) is 1. The van der Waals surface area contributed by atoms with Crippen LogP contribution >= 0.6 is 0 Å². The van der Waals surface area contributed by atoms with Crippen LogP contribution in [0.3, 0.4) is 0 Å². The van der Waals surface area contributed by atoms with E-state index in [2.05, 4.69) is 26.8 Å². The van der Waals surface area contributed by atoms with Gasteiger partial charge in [-0.15, -0.1) is 0 Å². The molecule has 1 aromatic rings. The van der Waals surface area contributed by atoms with Gasteiger partial charge in [0, 0.05) is 37.7 Å². The number of carbonyl (C=O) groups is 2. The maximum absolute atomic E-state index is 13.3. The molecule has 2 aliphatic rings. The monoisotopic (exact) mass is 372 g/mol. The molecule has 5 nitrogen and oxygen atoms in total. The van der Waals surface area contributed by atoms with Gasteiger partial charge in [-0.1, -0.05) is 26.8 Å². The van der Waals surface area contributed by atoms with Crippen molar-refractivity contribution in [3.8, 4) is 5.75 Å². The van der Waals surface area contributed by atoms with Crippen LogP contribution in [-0.2, 0) is 10.2 Å². The van der Waals surface area contributed by atoms with E-state index in [0.29, 0.717) is 30.9 Å². The fourth-order valence-corrected chi connectivity index (χ4v) is 3.81. The molecule has 148 valence electrons. The molecule has 1 saturated carbocycles. The van der Waals surface area contributed by atoms with Crippen molar-refractivity contribution in [2.75, 3.05) is 33.3 Å². The predicted molar refractivity (Wildman–Crippen MR) is 106 cm³/mol. The number of hydrogen-bond acceptors (Lipinski definition) is 3. The van der Waals surface area contributed by atoms with Crippen LogP contribution in [0.1, 0.15) is 61.5 Å². The van der Waals surface area contributed by atoms with E-state index in [0.717, 1.165) is 36.9 Å². The van der Waals surface area contributed by atoms with Crippen molar-refractivity contribution in [3.63, 3.8) is 0 Å². The summed E-state index contributed by atoms with van der Waals surface area (Å²) in [5.74, 6) is 1.18. The summed E-state index contributed by atoms with van der Waals surface area (Å²) in [5.41, 5.74) is 2.63. The van der Waals surface area contributed by atoms with Crippen molar-refractivity contribution in [2.45, 2.75) is 52.4 Å². The van der Waals surface area contributed by atoms with E-state index >= 15 is 0 Å². The Labute approximate surface area is 162 Å². The third kappa shape index (κ3) is 4.28. The topological polar surface area (TPSA) is 49.9 Å². The molecule has 3 rings (SSSR count). The van der Waals surface area contributed by atoms with Gasteiger partial charge in [-0.2, -0.15) is 0 Å². The lowest BCUT2D eigenvalue weighted by Crippen LogP contribution is -2.38. The minimum absolute atomic E-state index is 0.00164. The van der Waals surface area contributed by atoms with Crippen LogP contribution in [-0.4, -0.2) is 54.9 Å². The lowest BCUT2D eigenvalue weighted by Gasteiger charge is -2.27. The molecule has 1 saturated heterocycles. The van der Waals surface area contributed by atoms with Gasteiger partial charge < -0.3 is 14.5 Å². The Morgan fingerprint density at radius 1 is 1.04 bits per heavy atom. The van der Waals surface area contributed by atoms with Crippen LogP contribution in [0.2, 0.25) is 0 Å². The SMILES string of the molecule is COc1c(C(=O)N2CCCN(C(=O)C3CC3)CC2)cc(C)cc1C(C)(C)C. The molecule has 0 aromatic heterocycles. The Hall–Kier alpha value is -2.04. The molecule has 2 fully saturated rings. The van der Waals surface area contributed by atoms with E-state index in [4.69, 9.17) is 4.74 Å². The highest BCUT2D eigenvalue weighted by atomic mass is 16.5. The van der Waals surface area contributed by atoms with Crippen molar-refractivity contribution in [2.24, 2.45) is 5.92 Å². The lowest BCUT2D eigenvalue weighted by atomic mass is 9.84. The van der Waals surface area contributed by atoms with Crippen molar-refractivity contribution >= 4 is 11.8 Å². The molecular weight excluding hydrogens is 340 g/mol. The number of hydrogen-bond donors (Lipinski definition) is 0. The second-order valence-corrected chi connectivity index (χ2v) is 8.89. The normalized spacial score (nSPS) is 18.3. The van der Waals surface area contributed by atoms with Crippen molar-refractivity contribution < 1.29 is 14.3 Å². The molecule has 27 heavy (non-hydrogen) atoms. The molecule has 2 amide bonds. The van der Waals surface area contributed by atoms with E-state index in [1.165, 1.54) is 0 Å². The van der Waals surface area contributed by atoms with Gasteiger partial charge in [0.05, 0.1) is 12.7 Å². The average molecular weight is 373 g/mol. The molecule has 5 heteroatoms. The van der Waals surface area contributed by atoms with Gasteiger partial charge in [0.15, 0.2) is 0 Å². The molecule has 0 radical (unpaired) electrons. The zero-order chi connectivity index (χ0) is 19.8. The van der Waals surface area contributed by atoms with Crippen LogP contribution in [0.4, 0.5) is 0 Å². The molecule has 0 atom stereocenters. The average Bonchev–Trinajstić information content (AvgIpc) is 3.45. The van der Waals surface area contributed by atoms with Gasteiger partial charge in [-0.25, -0.2) is 0 Å². The summed E-state index contributed by atoms with van der Waals surface area (Å²) in [6, 6.07) is 4.03. The lowest BCUT2D eigenvalue weighted by molar-refractivity contribution is -0.132. The Morgan fingerprint density at radius 2 is 1.67 bits per heavy atom. The van der Waals surface area contributed by atoms with Crippen LogP contribution in [0.15, 0.2) is 12.1 Å². The quantitative estimate of drug-likeness (QED) is 0.817. The fraction of sp³-hybridized carbons (Fsp3) is 0.636. The standard InChI is InChI=1S/C22H32N2O3/c1-15-13-17(19(27-5)18(14-15)22(2,3)4)21(26)24-10-6-9-23(11-12-24)20(25)16-7-8-16/h13-14,16H,6-12H2,1-5H3. The number of benzene rings is 1. The first kappa shape index (κ1) is 19.7. The first-order chi connectivity index (χ1) is 12.7. The molecule has 1 heterocycles. The summed E-state index contributed by atoms with van der Waals surface area (Å²) in [6.45, 7) is 11.0. The van der Waals surface area contributed by atoms with Gasteiger partial charge in [-0.05, 0) is 43.2 Å². The Bertz CT molecular complexity index is 732. The summed E-state index contributed by atoms with van der Waals surface area (Å²) < 4.78 is 5.69. The van der Waals surface area contributed by atoms with E-state index < -0.39 is 0 Å². The minimum atomic E-state index is -0.112. The molecule has 0 N–H and O–H groups in total. The van der Waals surface area contributed by atoms with E-state index in [-0.39, 0.29) is 23.1 Å². The van der Waals surface area contributed by atoms with E-state index in [1.807, 2.05) is 22.8 Å². The number of rotatable bonds is 3. The van der Waals surface area contributed by atoms with E-state index in [9.17, 15) is 9.59 Å². The molecule has 1 aliphatic heterocycles. The van der Waals surface area contributed by atoms with Gasteiger partial charge in [-0.3, -0.25) is 9.59 Å². The first-order valence-electron chi connectivity index (χ1n) is 9.99. The number of aryl methyl sites for hydroxylation is 1. The number of carbonyl (C=O) groups excluding carboxylic acids is 2. The molecule has 0 unspecified atom stereocenters.